The van der Waals surface area contributed by atoms with E-state index in [9.17, 15) is 4.79 Å². The summed E-state index contributed by atoms with van der Waals surface area (Å²) in [7, 11) is 0. The van der Waals surface area contributed by atoms with Gasteiger partial charge in [-0.25, -0.2) is 0 Å². The van der Waals surface area contributed by atoms with Gasteiger partial charge in [0.2, 0.25) is 0 Å². The van der Waals surface area contributed by atoms with E-state index >= 15 is 0 Å². The number of carbonyl (C=O) groups is 1. The Morgan fingerprint density at radius 1 is 1.39 bits per heavy atom. The predicted octanol–water partition coefficient (Wildman–Crippen LogP) is 2.37. The minimum absolute atomic E-state index is 0.0865. The molecule has 0 spiro atoms. The fraction of sp³-hybridized carbons (Fsp3) is 0.353. The summed E-state index contributed by atoms with van der Waals surface area (Å²) in [4.78, 5) is 15.0. The van der Waals surface area contributed by atoms with Crippen LogP contribution in [0.4, 0.5) is 0 Å². The molecule has 3 aromatic rings. The first-order valence-corrected chi connectivity index (χ1v) is 7.94. The van der Waals surface area contributed by atoms with E-state index in [1.165, 1.54) is 0 Å². The van der Waals surface area contributed by atoms with Crippen LogP contribution in [0.2, 0.25) is 0 Å². The lowest BCUT2D eigenvalue weighted by Crippen LogP contribution is -2.38. The van der Waals surface area contributed by atoms with Crippen LogP contribution in [0.15, 0.2) is 36.8 Å². The zero-order chi connectivity index (χ0) is 15.8. The first kappa shape index (κ1) is 14.0. The van der Waals surface area contributed by atoms with Crippen molar-refractivity contribution < 1.29 is 4.79 Å². The van der Waals surface area contributed by atoms with Crippen molar-refractivity contribution in [3.05, 3.63) is 47.9 Å². The van der Waals surface area contributed by atoms with Gasteiger partial charge in [0.15, 0.2) is 0 Å². The van der Waals surface area contributed by atoms with Gasteiger partial charge in [0, 0.05) is 18.1 Å². The van der Waals surface area contributed by atoms with E-state index in [0.29, 0.717) is 0 Å². The average molecular weight is 309 g/mol. The predicted molar refractivity (Wildman–Crippen MR) is 87.1 cm³/mol. The summed E-state index contributed by atoms with van der Waals surface area (Å²) in [5.74, 6) is 0.0865. The van der Waals surface area contributed by atoms with Crippen molar-refractivity contribution in [2.45, 2.75) is 32.4 Å². The number of aryl methyl sites for hydroxylation is 1. The van der Waals surface area contributed by atoms with Crippen LogP contribution in [-0.2, 0) is 6.54 Å². The average Bonchev–Trinajstić information content (AvgIpc) is 3.27. The molecule has 2 aromatic heterocycles. The summed E-state index contributed by atoms with van der Waals surface area (Å²) >= 11 is 0. The molecule has 1 aliphatic heterocycles. The molecule has 0 aliphatic carbocycles. The molecular weight excluding hydrogens is 290 g/mol. The minimum Gasteiger partial charge on any atom is -0.334 e. The molecule has 1 atom stereocenters. The Morgan fingerprint density at radius 2 is 2.30 bits per heavy atom. The zero-order valence-corrected chi connectivity index (χ0v) is 13.1. The van der Waals surface area contributed by atoms with Gasteiger partial charge in [0.05, 0.1) is 36.1 Å². The van der Waals surface area contributed by atoms with Crippen LogP contribution in [-0.4, -0.2) is 43.4 Å². The summed E-state index contributed by atoms with van der Waals surface area (Å²) < 4.78 is 1.93. The highest BCUT2D eigenvalue weighted by Crippen LogP contribution is 2.24. The molecule has 0 radical (unpaired) electrons. The van der Waals surface area contributed by atoms with Gasteiger partial charge in [-0.1, -0.05) is 6.07 Å². The number of hydrogen-bond donors (Lipinski definition) is 1. The van der Waals surface area contributed by atoms with E-state index in [0.717, 1.165) is 48.0 Å². The van der Waals surface area contributed by atoms with Crippen LogP contribution in [0.3, 0.4) is 0 Å². The fourth-order valence-corrected chi connectivity index (χ4v) is 3.38. The summed E-state index contributed by atoms with van der Waals surface area (Å²) in [6.45, 7) is 3.58. The third-order valence-corrected chi connectivity index (χ3v) is 4.51. The summed E-state index contributed by atoms with van der Waals surface area (Å²) in [5.41, 5.74) is 2.76. The molecule has 1 N–H and O–H groups in total. The number of aromatic amines is 1. The summed E-state index contributed by atoms with van der Waals surface area (Å²) in [5, 5.41) is 12.2. The molecule has 4 rings (SSSR count). The molecule has 0 saturated carbocycles. The second kappa shape index (κ2) is 5.53. The van der Waals surface area contributed by atoms with E-state index < -0.39 is 0 Å². The first-order chi connectivity index (χ1) is 11.2. The number of carbonyl (C=O) groups excluding carboxylic acids is 1. The molecule has 1 aromatic carbocycles. The molecule has 6 heteroatoms. The molecule has 118 valence electrons. The molecule has 3 heterocycles. The van der Waals surface area contributed by atoms with E-state index in [1.807, 2.05) is 47.1 Å². The second-order valence-corrected chi connectivity index (χ2v) is 6.17. The zero-order valence-electron chi connectivity index (χ0n) is 13.1. The normalized spacial score (nSPS) is 18.0. The van der Waals surface area contributed by atoms with Gasteiger partial charge in [-0.05, 0) is 37.5 Å². The lowest BCUT2D eigenvalue weighted by atomic mass is 10.1. The van der Waals surface area contributed by atoms with Gasteiger partial charge >= 0.3 is 0 Å². The molecule has 0 bridgehead atoms. The Morgan fingerprint density at radius 3 is 3.13 bits per heavy atom. The van der Waals surface area contributed by atoms with Crippen LogP contribution in [0.1, 0.15) is 28.8 Å². The Kier molecular flexibility index (Phi) is 3.37. The monoisotopic (exact) mass is 309 g/mol. The number of fused-ring (bicyclic) bond motifs is 1. The maximum atomic E-state index is 13.0. The number of amides is 1. The van der Waals surface area contributed by atoms with E-state index in [4.69, 9.17) is 0 Å². The first-order valence-electron chi connectivity index (χ1n) is 7.94. The van der Waals surface area contributed by atoms with Crippen molar-refractivity contribution in [3.63, 3.8) is 0 Å². The van der Waals surface area contributed by atoms with Gasteiger partial charge in [0.25, 0.3) is 5.91 Å². The maximum absolute atomic E-state index is 13.0. The van der Waals surface area contributed by atoms with Crippen LogP contribution in [0, 0.1) is 6.92 Å². The number of nitrogens with one attached hydrogen (secondary N) is 1. The Bertz CT molecular complexity index is 849. The minimum atomic E-state index is 0.0865. The topological polar surface area (TPSA) is 66.8 Å². The highest BCUT2D eigenvalue weighted by molar-refractivity contribution is 6.06. The van der Waals surface area contributed by atoms with Gasteiger partial charge in [-0.2, -0.15) is 10.2 Å². The van der Waals surface area contributed by atoms with E-state index in [1.54, 1.807) is 6.20 Å². The van der Waals surface area contributed by atoms with Crippen LogP contribution in [0.5, 0.6) is 0 Å². The summed E-state index contributed by atoms with van der Waals surface area (Å²) in [6.07, 6.45) is 7.67. The van der Waals surface area contributed by atoms with Crippen LogP contribution in [0.25, 0.3) is 10.9 Å². The van der Waals surface area contributed by atoms with Crippen molar-refractivity contribution in [3.8, 4) is 0 Å². The van der Waals surface area contributed by atoms with Gasteiger partial charge in [-0.3, -0.25) is 14.6 Å². The molecule has 1 saturated heterocycles. The number of H-pyrrole nitrogens is 1. The van der Waals surface area contributed by atoms with Crippen molar-refractivity contribution >= 4 is 16.8 Å². The highest BCUT2D eigenvalue weighted by atomic mass is 16.2. The SMILES string of the molecule is Cc1cnn(C[C@H]2CCCN2C(=O)c2cccc3[nH]ncc23)c1. The molecular formula is C17H19N5O. The number of rotatable bonds is 3. The quantitative estimate of drug-likeness (QED) is 0.807. The highest BCUT2D eigenvalue weighted by Gasteiger charge is 2.30. The molecule has 1 fully saturated rings. The van der Waals surface area contributed by atoms with Gasteiger partial charge in [-0.15, -0.1) is 0 Å². The van der Waals surface area contributed by atoms with Gasteiger partial charge < -0.3 is 4.90 Å². The Labute approximate surface area is 134 Å². The van der Waals surface area contributed by atoms with Crippen molar-refractivity contribution in [1.29, 1.82) is 0 Å². The van der Waals surface area contributed by atoms with Crippen molar-refractivity contribution in [2.75, 3.05) is 6.54 Å². The standard InChI is InChI=1S/C17H19N5O/c1-12-8-19-21(10-12)11-13-4-3-7-22(13)17(23)14-5-2-6-16-15(14)9-18-20-16/h2,5-6,8-10,13H,3-4,7,11H2,1H3,(H,18,20)/t13-/m1/s1. The largest absolute Gasteiger partial charge is 0.334 e. The molecule has 0 unspecified atom stereocenters. The second-order valence-electron chi connectivity index (χ2n) is 6.17. The Hall–Kier alpha value is -2.63. The number of likely N-dealkylation sites (tertiary alicyclic amines) is 1. The lowest BCUT2D eigenvalue weighted by molar-refractivity contribution is 0.0723. The van der Waals surface area contributed by atoms with Crippen LogP contribution >= 0.6 is 0 Å². The molecule has 1 amide bonds. The number of aromatic nitrogens is 4. The van der Waals surface area contributed by atoms with Crippen molar-refractivity contribution in [1.82, 2.24) is 24.9 Å². The Balaban J connectivity index is 1.60. The maximum Gasteiger partial charge on any atom is 0.254 e. The van der Waals surface area contributed by atoms with Crippen molar-refractivity contribution in [2.24, 2.45) is 0 Å². The summed E-state index contributed by atoms with van der Waals surface area (Å²) in [6, 6.07) is 5.92. The third-order valence-electron chi connectivity index (χ3n) is 4.51. The lowest BCUT2D eigenvalue weighted by Gasteiger charge is -2.25. The number of nitrogens with zero attached hydrogens (tertiary/aromatic N) is 4. The fourth-order valence-electron chi connectivity index (χ4n) is 3.38. The van der Waals surface area contributed by atoms with E-state index in [-0.39, 0.29) is 11.9 Å². The molecule has 1 aliphatic rings. The van der Waals surface area contributed by atoms with E-state index in [2.05, 4.69) is 15.3 Å². The number of benzene rings is 1. The smallest absolute Gasteiger partial charge is 0.254 e. The molecule has 23 heavy (non-hydrogen) atoms. The van der Waals surface area contributed by atoms with Gasteiger partial charge in [0.1, 0.15) is 0 Å². The number of hydrogen-bond acceptors (Lipinski definition) is 3. The molecule has 6 nitrogen and oxygen atoms in total. The van der Waals surface area contributed by atoms with Crippen LogP contribution < -0.4 is 0 Å². The third kappa shape index (κ3) is 2.50.